The van der Waals surface area contributed by atoms with E-state index in [-0.39, 0.29) is 5.91 Å². The molecule has 0 radical (unpaired) electrons. The summed E-state index contributed by atoms with van der Waals surface area (Å²) in [5.41, 5.74) is 1.72. The van der Waals surface area contributed by atoms with E-state index in [1.54, 1.807) is 6.20 Å². The van der Waals surface area contributed by atoms with E-state index in [1.165, 1.54) is 0 Å². The lowest BCUT2D eigenvalue weighted by Crippen LogP contribution is -2.36. The number of hydrogen-bond donors (Lipinski definition) is 2. The molecule has 0 atom stereocenters. The molecular weight excluding hydrogens is 433 g/mol. The molecule has 1 amide bonds. The molecule has 0 aliphatic carbocycles. The second-order valence-electron chi connectivity index (χ2n) is 5.56. The Hall–Kier alpha value is -1.94. The van der Waals surface area contributed by atoms with Gasteiger partial charge in [0.1, 0.15) is 0 Å². The van der Waals surface area contributed by atoms with Crippen LogP contribution in [0.15, 0.2) is 36.5 Å². The molecule has 2 heterocycles. The largest absolute Gasteiger partial charge is 0.378 e. The third-order valence-electron chi connectivity index (χ3n) is 3.85. The number of nitrogens with one attached hydrogen (secondary N) is 2. The topological polar surface area (TPSA) is 79.4 Å². The highest BCUT2D eigenvalue weighted by Gasteiger charge is 2.12. The Bertz CT molecular complexity index is 722. The lowest BCUT2D eigenvalue weighted by Gasteiger charge is -2.28. The molecule has 25 heavy (non-hydrogen) atoms. The van der Waals surface area contributed by atoms with E-state index in [9.17, 15) is 4.79 Å². The van der Waals surface area contributed by atoms with Gasteiger partial charge in [-0.25, -0.2) is 0 Å². The van der Waals surface area contributed by atoms with Crippen LogP contribution in [0.2, 0.25) is 0 Å². The normalized spacial score (nSPS) is 14.2. The van der Waals surface area contributed by atoms with Gasteiger partial charge in [-0.3, -0.25) is 4.79 Å². The third kappa shape index (κ3) is 5.02. The Morgan fingerprint density at radius 2 is 2.04 bits per heavy atom. The fourth-order valence-electron chi connectivity index (χ4n) is 2.54. The van der Waals surface area contributed by atoms with Crippen LogP contribution in [0, 0.1) is 3.57 Å². The summed E-state index contributed by atoms with van der Waals surface area (Å²) in [6.45, 7) is 4.27. The lowest BCUT2D eigenvalue weighted by atomic mass is 10.2. The van der Waals surface area contributed by atoms with Gasteiger partial charge in [0.15, 0.2) is 5.82 Å². The highest BCUT2D eigenvalue weighted by Crippen LogP contribution is 2.17. The van der Waals surface area contributed by atoms with Crippen LogP contribution in [-0.4, -0.2) is 55.5 Å². The summed E-state index contributed by atoms with van der Waals surface area (Å²) < 4.78 is 6.30. The Morgan fingerprint density at radius 1 is 1.24 bits per heavy atom. The summed E-state index contributed by atoms with van der Waals surface area (Å²) in [5.74, 6) is 0.632. The van der Waals surface area contributed by atoms with Crippen LogP contribution in [0.1, 0.15) is 10.4 Å². The van der Waals surface area contributed by atoms with Crippen LogP contribution >= 0.6 is 22.6 Å². The van der Waals surface area contributed by atoms with Crippen molar-refractivity contribution in [3.63, 3.8) is 0 Å². The molecule has 8 heteroatoms. The maximum absolute atomic E-state index is 12.1. The van der Waals surface area contributed by atoms with Crippen molar-refractivity contribution in [2.75, 3.05) is 49.6 Å². The zero-order valence-corrected chi connectivity index (χ0v) is 15.9. The number of amides is 1. The van der Waals surface area contributed by atoms with Crippen LogP contribution in [0.3, 0.4) is 0 Å². The smallest absolute Gasteiger partial charge is 0.252 e. The van der Waals surface area contributed by atoms with Gasteiger partial charge in [-0.15, -0.1) is 5.10 Å². The number of halogens is 1. The molecule has 2 N–H and O–H groups in total. The number of carbonyl (C=O) groups is 1. The van der Waals surface area contributed by atoms with Gasteiger partial charge >= 0.3 is 0 Å². The number of hydrogen-bond acceptors (Lipinski definition) is 6. The molecule has 7 nitrogen and oxygen atoms in total. The van der Waals surface area contributed by atoms with E-state index < -0.39 is 0 Å². The standard InChI is InChI=1S/C17H20IN5O2/c18-15-4-2-1-3-14(15)17(24)20-6-5-19-16-11-13(12-21-22-16)23-7-9-25-10-8-23/h1-4,11-12H,5-10H2,(H,19,22)(H,20,24). The first-order valence-electron chi connectivity index (χ1n) is 8.16. The molecule has 0 unspecified atom stereocenters. The predicted octanol–water partition coefficient (Wildman–Crippen LogP) is 1.76. The summed E-state index contributed by atoms with van der Waals surface area (Å²) in [6, 6.07) is 9.49. The zero-order chi connectivity index (χ0) is 17.5. The highest BCUT2D eigenvalue weighted by molar-refractivity contribution is 14.1. The number of benzene rings is 1. The second kappa shape index (κ2) is 8.95. The molecular formula is C17H20IN5O2. The van der Waals surface area contributed by atoms with Crippen molar-refractivity contribution in [1.29, 1.82) is 0 Å². The number of carbonyl (C=O) groups excluding carboxylic acids is 1. The Labute approximate surface area is 160 Å². The van der Waals surface area contributed by atoms with E-state index >= 15 is 0 Å². The van der Waals surface area contributed by atoms with Crippen LogP contribution in [-0.2, 0) is 4.74 Å². The maximum atomic E-state index is 12.1. The van der Waals surface area contributed by atoms with Gasteiger partial charge in [0.25, 0.3) is 5.91 Å². The Morgan fingerprint density at radius 3 is 2.84 bits per heavy atom. The van der Waals surface area contributed by atoms with Gasteiger partial charge in [-0.1, -0.05) is 12.1 Å². The molecule has 0 spiro atoms. The van der Waals surface area contributed by atoms with E-state index in [2.05, 4.69) is 48.3 Å². The summed E-state index contributed by atoms with van der Waals surface area (Å²) in [4.78, 5) is 14.4. The quantitative estimate of drug-likeness (QED) is 0.513. The van der Waals surface area contributed by atoms with Crippen molar-refractivity contribution in [1.82, 2.24) is 15.5 Å². The first-order chi connectivity index (χ1) is 12.2. The second-order valence-corrected chi connectivity index (χ2v) is 6.72. The van der Waals surface area contributed by atoms with Crippen molar-refractivity contribution < 1.29 is 9.53 Å². The molecule has 2 aromatic rings. The average molecular weight is 453 g/mol. The van der Waals surface area contributed by atoms with Crippen molar-refractivity contribution in [2.24, 2.45) is 0 Å². The van der Waals surface area contributed by atoms with Crippen LogP contribution in [0.25, 0.3) is 0 Å². The van der Waals surface area contributed by atoms with E-state index in [0.29, 0.717) is 24.5 Å². The molecule has 1 fully saturated rings. The fraction of sp³-hybridized carbons (Fsp3) is 0.353. The number of ether oxygens (including phenoxy) is 1. The SMILES string of the molecule is O=C(NCCNc1cc(N2CCOCC2)cnn1)c1ccccc1I. The van der Waals surface area contributed by atoms with Gasteiger partial charge in [0.2, 0.25) is 0 Å². The summed E-state index contributed by atoms with van der Waals surface area (Å²) in [5, 5.41) is 14.2. The van der Waals surface area contributed by atoms with Crippen molar-refractivity contribution in [3.05, 3.63) is 45.7 Å². The van der Waals surface area contributed by atoms with Gasteiger partial charge in [0, 0.05) is 35.8 Å². The van der Waals surface area contributed by atoms with E-state index in [4.69, 9.17) is 4.74 Å². The number of morpholine rings is 1. The third-order valence-corrected chi connectivity index (χ3v) is 4.79. The van der Waals surface area contributed by atoms with Crippen LogP contribution in [0.4, 0.5) is 11.5 Å². The molecule has 1 aliphatic heterocycles. The molecule has 1 aromatic heterocycles. The number of nitrogens with zero attached hydrogens (tertiary/aromatic N) is 3. The summed E-state index contributed by atoms with van der Waals surface area (Å²) >= 11 is 2.16. The maximum Gasteiger partial charge on any atom is 0.252 e. The minimum absolute atomic E-state index is 0.0695. The molecule has 1 aliphatic rings. The minimum Gasteiger partial charge on any atom is -0.378 e. The first kappa shape index (κ1) is 17.9. The number of rotatable bonds is 6. The van der Waals surface area contributed by atoms with Gasteiger partial charge in [-0.05, 0) is 34.7 Å². The minimum atomic E-state index is -0.0695. The molecule has 1 saturated heterocycles. The van der Waals surface area contributed by atoms with Gasteiger partial charge < -0.3 is 20.3 Å². The first-order valence-corrected chi connectivity index (χ1v) is 9.24. The van der Waals surface area contributed by atoms with E-state index in [0.717, 1.165) is 35.6 Å². The van der Waals surface area contributed by atoms with Crippen LogP contribution < -0.4 is 15.5 Å². The number of aromatic nitrogens is 2. The highest BCUT2D eigenvalue weighted by atomic mass is 127. The van der Waals surface area contributed by atoms with Crippen LogP contribution in [0.5, 0.6) is 0 Å². The van der Waals surface area contributed by atoms with Crippen molar-refractivity contribution in [3.8, 4) is 0 Å². The van der Waals surface area contributed by atoms with Gasteiger partial charge in [0.05, 0.1) is 30.7 Å². The molecule has 3 rings (SSSR count). The Balaban J connectivity index is 1.47. The molecule has 1 aromatic carbocycles. The summed E-state index contributed by atoms with van der Waals surface area (Å²) in [6.07, 6.45) is 1.76. The fourth-order valence-corrected chi connectivity index (χ4v) is 3.18. The number of anilines is 2. The summed E-state index contributed by atoms with van der Waals surface area (Å²) in [7, 11) is 0. The molecule has 0 bridgehead atoms. The lowest BCUT2D eigenvalue weighted by molar-refractivity contribution is 0.0954. The predicted molar refractivity (Wildman–Crippen MR) is 105 cm³/mol. The van der Waals surface area contributed by atoms with Gasteiger partial charge in [-0.2, -0.15) is 5.10 Å². The molecule has 0 saturated carbocycles. The van der Waals surface area contributed by atoms with Crippen molar-refractivity contribution in [2.45, 2.75) is 0 Å². The zero-order valence-electron chi connectivity index (χ0n) is 13.7. The van der Waals surface area contributed by atoms with Crippen molar-refractivity contribution >= 4 is 40.0 Å². The van der Waals surface area contributed by atoms with E-state index in [1.807, 2.05) is 30.3 Å². The Kier molecular flexibility index (Phi) is 6.40. The average Bonchev–Trinajstić information content (AvgIpc) is 2.66. The monoisotopic (exact) mass is 453 g/mol. The molecule has 132 valence electrons.